The summed E-state index contributed by atoms with van der Waals surface area (Å²) in [6, 6.07) is 24.7. The maximum absolute atomic E-state index is 12.8. The van der Waals surface area contributed by atoms with E-state index in [1.165, 1.54) is 6.07 Å². The highest BCUT2D eigenvalue weighted by Crippen LogP contribution is 2.18. The van der Waals surface area contributed by atoms with Gasteiger partial charge in [-0.1, -0.05) is 92.2 Å². The number of ketones is 1. The number of hydrogen-bond donors (Lipinski definition) is 1. The Morgan fingerprint density at radius 3 is 2.03 bits per heavy atom. The summed E-state index contributed by atoms with van der Waals surface area (Å²) in [6.45, 7) is 1.63. The average molecular weight is 415 g/mol. The van der Waals surface area contributed by atoms with Gasteiger partial charge in [-0.05, 0) is 18.1 Å². The summed E-state index contributed by atoms with van der Waals surface area (Å²) in [6.07, 6.45) is 1.67. The maximum atomic E-state index is 12.8. The lowest BCUT2D eigenvalue weighted by molar-refractivity contribution is -0.125. The van der Waals surface area contributed by atoms with Crippen LogP contribution in [0, 0.1) is 0 Å². The molecule has 0 aliphatic heterocycles. The summed E-state index contributed by atoms with van der Waals surface area (Å²) in [5.74, 6) is -1.37. The van der Waals surface area contributed by atoms with E-state index < -0.39 is 12.6 Å². The molecule has 0 unspecified atom stereocenters. The van der Waals surface area contributed by atoms with Crippen LogP contribution in [0.5, 0.6) is 0 Å². The Hall–Kier alpha value is -3.73. The minimum Gasteiger partial charge on any atom is -0.452 e. The number of esters is 1. The van der Waals surface area contributed by atoms with Gasteiger partial charge in [0, 0.05) is 11.1 Å². The van der Waals surface area contributed by atoms with Crippen molar-refractivity contribution >= 4 is 17.7 Å². The fraction of sp³-hybridized carbons (Fsp3) is 0.192. The van der Waals surface area contributed by atoms with Crippen LogP contribution in [0.15, 0.2) is 84.9 Å². The lowest BCUT2D eigenvalue weighted by Gasteiger charge is -2.18. The normalized spacial score (nSPS) is 11.4. The van der Waals surface area contributed by atoms with Crippen LogP contribution in [0.1, 0.15) is 57.7 Å². The predicted octanol–water partition coefficient (Wildman–Crippen LogP) is 4.73. The summed E-state index contributed by atoms with van der Waals surface area (Å²) < 4.78 is 5.23. The van der Waals surface area contributed by atoms with Gasteiger partial charge in [-0.2, -0.15) is 0 Å². The number of hydrogen-bond acceptors (Lipinski definition) is 4. The zero-order valence-electron chi connectivity index (χ0n) is 17.4. The molecule has 0 saturated carbocycles. The summed E-state index contributed by atoms with van der Waals surface area (Å²) in [5.41, 5.74) is 1.86. The molecule has 0 radical (unpaired) electrons. The van der Waals surface area contributed by atoms with Crippen LogP contribution >= 0.6 is 0 Å². The number of amides is 1. The number of rotatable bonds is 9. The van der Waals surface area contributed by atoms with Gasteiger partial charge in [0.1, 0.15) is 0 Å². The van der Waals surface area contributed by atoms with Gasteiger partial charge in [0.05, 0.1) is 11.6 Å². The lowest BCUT2D eigenvalue weighted by Crippen LogP contribution is -2.32. The Bertz CT molecular complexity index is 1030. The first-order valence-electron chi connectivity index (χ1n) is 10.3. The third-order valence-corrected chi connectivity index (χ3v) is 4.88. The Kier molecular flexibility index (Phi) is 7.71. The molecule has 5 heteroatoms. The summed E-state index contributed by atoms with van der Waals surface area (Å²) in [7, 11) is 0. The molecule has 3 aromatic carbocycles. The van der Waals surface area contributed by atoms with Crippen molar-refractivity contribution in [2.24, 2.45) is 0 Å². The quantitative estimate of drug-likeness (QED) is 0.405. The molecule has 0 aromatic heterocycles. The smallest absolute Gasteiger partial charge is 0.339 e. The van der Waals surface area contributed by atoms with E-state index in [0.29, 0.717) is 5.56 Å². The van der Waals surface area contributed by atoms with Crippen LogP contribution in [0.25, 0.3) is 0 Å². The van der Waals surface area contributed by atoms with E-state index in [9.17, 15) is 14.4 Å². The first-order valence-corrected chi connectivity index (χ1v) is 10.3. The molecule has 0 bridgehead atoms. The predicted molar refractivity (Wildman–Crippen MR) is 119 cm³/mol. The van der Waals surface area contributed by atoms with Crippen molar-refractivity contribution in [1.29, 1.82) is 0 Å². The van der Waals surface area contributed by atoms with E-state index in [-0.39, 0.29) is 28.9 Å². The number of nitrogens with one attached hydrogen (secondary N) is 1. The highest BCUT2D eigenvalue weighted by atomic mass is 16.5. The van der Waals surface area contributed by atoms with Gasteiger partial charge in [0.25, 0.3) is 5.91 Å². The number of benzene rings is 3. The van der Waals surface area contributed by atoms with E-state index in [1.54, 1.807) is 42.5 Å². The third kappa shape index (κ3) is 5.89. The van der Waals surface area contributed by atoms with Crippen molar-refractivity contribution in [2.45, 2.75) is 25.8 Å². The molecule has 0 heterocycles. The first kappa shape index (κ1) is 22.0. The van der Waals surface area contributed by atoms with Crippen molar-refractivity contribution in [3.8, 4) is 0 Å². The van der Waals surface area contributed by atoms with E-state index >= 15 is 0 Å². The fourth-order valence-electron chi connectivity index (χ4n) is 3.35. The molecule has 158 valence electrons. The maximum Gasteiger partial charge on any atom is 0.339 e. The number of carbonyl (C=O) groups excluding carboxylic acids is 3. The van der Waals surface area contributed by atoms with Crippen LogP contribution in [-0.2, 0) is 9.53 Å². The van der Waals surface area contributed by atoms with E-state index in [1.807, 2.05) is 43.3 Å². The van der Waals surface area contributed by atoms with Crippen LogP contribution in [0.4, 0.5) is 0 Å². The second-order valence-electron chi connectivity index (χ2n) is 7.14. The van der Waals surface area contributed by atoms with E-state index in [2.05, 4.69) is 5.32 Å². The van der Waals surface area contributed by atoms with Crippen LogP contribution < -0.4 is 5.32 Å². The minimum absolute atomic E-state index is 0.136. The molecule has 31 heavy (non-hydrogen) atoms. The summed E-state index contributed by atoms with van der Waals surface area (Å²) >= 11 is 0. The molecule has 5 nitrogen and oxygen atoms in total. The second kappa shape index (κ2) is 10.9. The third-order valence-electron chi connectivity index (χ3n) is 4.88. The number of carbonyl (C=O) groups is 3. The van der Waals surface area contributed by atoms with Gasteiger partial charge in [-0.3, -0.25) is 9.59 Å². The zero-order chi connectivity index (χ0) is 22.1. The Morgan fingerprint density at radius 2 is 1.39 bits per heavy atom. The molecule has 0 spiro atoms. The van der Waals surface area contributed by atoms with Crippen molar-refractivity contribution in [3.05, 3.63) is 107 Å². The topological polar surface area (TPSA) is 72.5 Å². The van der Waals surface area contributed by atoms with Crippen molar-refractivity contribution in [3.63, 3.8) is 0 Å². The van der Waals surface area contributed by atoms with Crippen LogP contribution in [0.3, 0.4) is 0 Å². The van der Waals surface area contributed by atoms with Gasteiger partial charge in [0.2, 0.25) is 0 Å². The van der Waals surface area contributed by atoms with Crippen molar-refractivity contribution < 1.29 is 19.1 Å². The molecular weight excluding hydrogens is 390 g/mol. The van der Waals surface area contributed by atoms with E-state index in [4.69, 9.17) is 4.74 Å². The molecule has 1 amide bonds. The van der Waals surface area contributed by atoms with Crippen LogP contribution in [-0.4, -0.2) is 24.3 Å². The Balaban J connectivity index is 1.66. The fourth-order valence-corrected chi connectivity index (χ4v) is 3.35. The molecular formula is C26H25NO4. The standard InChI is InChI=1S/C26H25NO4/c1-2-11-23(19-12-5-3-6-13-19)27-24(28)18-31-26(30)22-17-10-9-16-21(22)25(29)20-14-7-4-8-15-20/h3-10,12-17,23H,2,11,18H2,1H3,(H,27,28)/t23-/m0/s1. The van der Waals surface area contributed by atoms with Gasteiger partial charge < -0.3 is 10.1 Å². The molecule has 1 N–H and O–H groups in total. The SMILES string of the molecule is CCC[C@H](NC(=O)COC(=O)c1ccccc1C(=O)c1ccccc1)c1ccccc1. The first-order chi connectivity index (χ1) is 15.1. The second-order valence-corrected chi connectivity index (χ2v) is 7.14. The molecule has 1 atom stereocenters. The molecule has 0 saturated heterocycles. The minimum atomic E-state index is -0.707. The Labute approximate surface area is 182 Å². The molecule has 0 fully saturated rings. The Morgan fingerprint density at radius 1 is 0.806 bits per heavy atom. The molecule has 3 rings (SSSR count). The molecule has 0 aliphatic rings. The summed E-state index contributed by atoms with van der Waals surface area (Å²) in [5, 5.41) is 2.92. The van der Waals surface area contributed by atoms with E-state index in [0.717, 1.165) is 18.4 Å². The largest absolute Gasteiger partial charge is 0.452 e. The van der Waals surface area contributed by atoms with Gasteiger partial charge >= 0.3 is 5.97 Å². The zero-order valence-corrected chi connectivity index (χ0v) is 17.4. The van der Waals surface area contributed by atoms with Crippen molar-refractivity contribution in [1.82, 2.24) is 5.32 Å². The van der Waals surface area contributed by atoms with Gasteiger partial charge in [-0.15, -0.1) is 0 Å². The van der Waals surface area contributed by atoms with Gasteiger partial charge in [-0.25, -0.2) is 4.79 Å². The van der Waals surface area contributed by atoms with Gasteiger partial charge in [0.15, 0.2) is 12.4 Å². The highest BCUT2D eigenvalue weighted by molar-refractivity contribution is 6.14. The molecule has 3 aromatic rings. The highest BCUT2D eigenvalue weighted by Gasteiger charge is 2.20. The monoisotopic (exact) mass is 415 g/mol. The van der Waals surface area contributed by atoms with Crippen LogP contribution in [0.2, 0.25) is 0 Å². The lowest BCUT2D eigenvalue weighted by atomic mass is 9.98. The van der Waals surface area contributed by atoms with Crippen molar-refractivity contribution in [2.75, 3.05) is 6.61 Å². The number of ether oxygens (including phenoxy) is 1. The molecule has 0 aliphatic carbocycles. The average Bonchev–Trinajstić information content (AvgIpc) is 2.83. The summed E-state index contributed by atoms with van der Waals surface area (Å²) in [4.78, 5) is 37.9.